The normalized spacial score (nSPS) is 11.5. The molecule has 0 aliphatic rings. The minimum atomic E-state index is -0.00439. The molecule has 1 aromatic carbocycles. The molecule has 0 radical (unpaired) electrons. The molecule has 0 unspecified atom stereocenters. The van der Waals surface area contributed by atoms with Crippen molar-refractivity contribution in [1.29, 1.82) is 0 Å². The van der Waals surface area contributed by atoms with Gasteiger partial charge in [-0.3, -0.25) is 0 Å². The predicted molar refractivity (Wildman–Crippen MR) is 84.9 cm³/mol. The summed E-state index contributed by atoms with van der Waals surface area (Å²) in [7, 11) is 1.61. The van der Waals surface area contributed by atoms with Gasteiger partial charge in [0, 0.05) is 10.0 Å². The molecule has 114 valence electrons. The summed E-state index contributed by atoms with van der Waals surface area (Å²) in [6, 6.07) is 5.97. The number of anilines is 2. The highest BCUT2D eigenvalue weighted by Crippen LogP contribution is 2.30. The number of halogens is 1. The number of rotatable bonds is 5. The van der Waals surface area contributed by atoms with Crippen LogP contribution in [0.5, 0.6) is 5.75 Å². The Bertz CT molecular complexity index is 607. The number of nitrogens with one attached hydrogen (secondary N) is 2. The van der Waals surface area contributed by atoms with Crippen molar-refractivity contribution in [3.05, 3.63) is 28.6 Å². The predicted octanol–water partition coefficient (Wildman–Crippen LogP) is 3.47. The topological polar surface area (TPSA) is 72.2 Å². The lowest BCUT2D eigenvalue weighted by Crippen LogP contribution is -2.35. The van der Waals surface area contributed by atoms with Gasteiger partial charge in [-0.15, -0.1) is 5.10 Å². The fraction of sp³-hybridized carbons (Fsp3) is 0.429. The zero-order chi connectivity index (χ0) is 15.5. The number of hydrogen-bond acceptors (Lipinski definition) is 6. The lowest BCUT2D eigenvalue weighted by atomic mass is 10.1. The van der Waals surface area contributed by atoms with Crippen LogP contribution in [0.2, 0.25) is 0 Å². The van der Waals surface area contributed by atoms with Crippen LogP contribution in [0.1, 0.15) is 26.7 Å². The summed E-state index contributed by atoms with van der Waals surface area (Å²) in [4.78, 5) is 0. The number of hydrogen-bond donors (Lipinski definition) is 2. The van der Waals surface area contributed by atoms with Crippen LogP contribution >= 0.6 is 15.9 Å². The van der Waals surface area contributed by atoms with Gasteiger partial charge in [-0.1, -0.05) is 21.0 Å². The maximum atomic E-state index is 5.56. The van der Waals surface area contributed by atoms with E-state index in [1.54, 1.807) is 7.11 Å². The van der Waals surface area contributed by atoms with E-state index in [1.807, 2.05) is 18.2 Å². The minimum absolute atomic E-state index is 0.00439. The number of aromatic nitrogens is 2. The van der Waals surface area contributed by atoms with Crippen LogP contribution < -0.4 is 15.4 Å². The second-order valence-electron chi connectivity index (χ2n) is 5.57. The molecular formula is C14H19BrN4O2. The van der Waals surface area contributed by atoms with E-state index in [0.717, 1.165) is 10.2 Å². The fourth-order valence-corrected chi connectivity index (χ4v) is 1.97. The Morgan fingerprint density at radius 2 is 2.05 bits per heavy atom. The quantitative estimate of drug-likeness (QED) is 0.856. The maximum Gasteiger partial charge on any atom is 0.320 e. The molecule has 1 heterocycles. The molecule has 0 amide bonds. The van der Waals surface area contributed by atoms with Gasteiger partial charge in [0.1, 0.15) is 5.75 Å². The van der Waals surface area contributed by atoms with Gasteiger partial charge in [-0.25, -0.2) is 0 Å². The second kappa shape index (κ2) is 6.44. The van der Waals surface area contributed by atoms with Crippen LogP contribution in [0.3, 0.4) is 0 Å². The van der Waals surface area contributed by atoms with E-state index in [1.165, 1.54) is 0 Å². The molecule has 0 saturated carbocycles. The summed E-state index contributed by atoms with van der Waals surface area (Å²) in [5.74, 6) is 1.23. The number of ether oxygens (including phenoxy) is 1. The molecule has 21 heavy (non-hydrogen) atoms. The third-order valence-electron chi connectivity index (χ3n) is 2.64. The Kier molecular flexibility index (Phi) is 4.84. The number of nitrogens with zero attached hydrogens (tertiary/aromatic N) is 2. The van der Waals surface area contributed by atoms with E-state index < -0.39 is 0 Å². The Morgan fingerprint density at radius 3 is 2.71 bits per heavy atom. The van der Waals surface area contributed by atoms with Gasteiger partial charge in [0.2, 0.25) is 5.89 Å². The highest BCUT2D eigenvalue weighted by Gasteiger charge is 2.13. The van der Waals surface area contributed by atoms with Crippen molar-refractivity contribution >= 4 is 27.6 Å². The maximum absolute atomic E-state index is 5.56. The first-order chi connectivity index (χ1) is 9.87. The highest BCUT2D eigenvalue weighted by atomic mass is 79.9. The van der Waals surface area contributed by atoms with Crippen molar-refractivity contribution in [1.82, 2.24) is 15.5 Å². The molecule has 1 aromatic heterocycles. The van der Waals surface area contributed by atoms with Gasteiger partial charge in [-0.05, 0) is 39.0 Å². The standard InChI is InChI=1S/C14H19BrN4O2/c1-14(2,3)16-8-12-18-19-13(21-12)17-10-7-9(15)5-6-11(10)20-4/h5-7,16H,8H2,1-4H3,(H,17,19). The molecule has 0 bridgehead atoms. The number of methoxy groups -OCH3 is 1. The first kappa shape index (κ1) is 15.8. The van der Waals surface area contributed by atoms with Crippen molar-refractivity contribution in [2.24, 2.45) is 0 Å². The zero-order valence-electron chi connectivity index (χ0n) is 12.5. The van der Waals surface area contributed by atoms with Crippen molar-refractivity contribution in [2.45, 2.75) is 32.9 Å². The lowest BCUT2D eigenvalue weighted by molar-refractivity contribution is 0.384. The van der Waals surface area contributed by atoms with Crippen molar-refractivity contribution < 1.29 is 9.15 Å². The monoisotopic (exact) mass is 354 g/mol. The SMILES string of the molecule is COc1ccc(Br)cc1Nc1nnc(CNC(C)(C)C)o1. The smallest absolute Gasteiger partial charge is 0.320 e. The molecular weight excluding hydrogens is 336 g/mol. The van der Waals surface area contributed by atoms with Gasteiger partial charge < -0.3 is 19.8 Å². The summed E-state index contributed by atoms with van der Waals surface area (Å²) < 4.78 is 11.8. The molecule has 0 aliphatic carbocycles. The van der Waals surface area contributed by atoms with Gasteiger partial charge in [0.15, 0.2) is 0 Å². The van der Waals surface area contributed by atoms with Gasteiger partial charge in [0.25, 0.3) is 0 Å². The van der Waals surface area contributed by atoms with E-state index >= 15 is 0 Å². The van der Waals surface area contributed by atoms with E-state index in [9.17, 15) is 0 Å². The summed E-state index contributed by atoms with van der Waals surface area (Å²) in [5.41, 5.74) is 0.751. The van der Waals surface area contributed by atoms with Crippen LogP contribution in [0.15, 0.2) is 27.1 Å². The summed E-state index contributed by atoms with van der Waals surface area (Å²) >= 11 is 3.42. The summed E-state index contributed by atoms with van der Waals surface area (Å²) in [5, 5.41) is 14.3. The largest absolute Gasteiger partial charge is 0.495 e. The molecule has 0 fully saturated rings. The molecule has 0 spiro atoms. The Balaban J connectivity index is 2.07. The molecule has 0 saturated heterocycles. The van der Waals surface area contributed by atoms with E-state index in [0.29, 0.717) is 24.2 Å². The molecule has 0 atom stereocenters. The Labute approximate surface area is 132 Å². The first-order valence-corrected chi connectivity index (χ1v) is 7.34. The Morgan fingerprint density at radius 1 is 1.29 bits per heavy atom. The molecule has 6 nitrogen and oxygen atoms in total. The van der Waals surface area contributed by atoms with E-state index in [2.05, 4.69) is 57.5 Å². The van der Waals surface area contributed by atoms with E-state index in [4.69, 9.17) is 9.15 Å². The van der Waals surface area contributed by atoms with Crippen LogP contribution in [-0.2, 0) is 6.54 Å². The summed E-state index contributed by atoms with van der Waals surface area (Å²) in [6.45, 7) is 6.76. The number of benzene rings is 1. The van der Waals surface area contributed by atoms with Crippen molar-refractivity contribution in [3.63, 3.8) is 0 Å². The van der Waals surface area contributed by atoms with Gasteiger partial charge >= 0.3 is 6.01 Å². The zero-order valence-corrected chi connectivity index (χ0v) is 14.1. The molecule has 2 aromatic rings. The minimum Gasteiger partial charge on any atom is -0.495 e. The van der Waals surface area contributed by atoms with Crippen molar-refractivity contribution in [2.75, 3.05) is 12.4 Å². The lowest BCUT2D eigenvalue weighted by Gasteiger charge is -2.18. The average molecular weight is 355 g/mol. The average Bonchev–Trinajstić information content (AvgIpc) is 2.84. The highest BCUT2D eigenvalue weighted by molar-refractivity contribution is 9.10. The third kappa shape index (κ3) is 4.71. The summed E-state index contributed by atoms with van der Waals surface area (Å²) in [6.07, 6.45) is 0. The van der Waals surface area contributed by atoms with Crippen LogP contribution in [0.25, 0.3) is 0 Å². The first-order valence-electron chi connectivity index (χ1n) is 6.55. The van der Waals surface area contributed by atoms with Crippen LogP contribution in [0, 0.1) is 0 Å². The Hall–Kier alpha value is -1.60. The van der Waals surface area contributed by atoms with Crippen LogP contribution in [-0.4, -0.2) is 22.8 Å². The molecule has 2 N–H and O–H groups in total. The fourth-order valence-electron chi connectivity index (χ4n) is 1.61. The van der Waals surface area contributed by atoms with Crippen molar-refractivity contribution in [3.8, 4) is 5.75 Å². The second-order valence-corrected chi connectivity index (χ2v) is 6.49. The molecule has 7 heteroatoms. The van der Waals surface area contributed by atoms with Crippen LogP contribution in [0.4, 0.5) is 11.7 Å². The van der Waals surface area contributed by atoms with Gasteiger partial charge in [-0.2, -0.15) is 0 Å². The third-order valence-corrected chi connectivity index (χ3v) is 3.13. The van der Waals surface area contributed by atoms with Gasteiger partial charge in [0.05, 0.1) is 19.3 Å². The van der Waals surface area contributed by atoms with E-state index in [-0.39, 0.29) is 5.54 Å². The molecule has 2 rings (SSSR count). The molecule has 0 aliphatic heterocycles.